The molecule has 11 heavy (non-hydrogen) atoms. The Hall–Kier alpha value is -0.820. The minimum atomic E-state index is 1.08. The lowest BCUT2D eigenvalue weighted by Gasteiger charge is -1.96. The number of benzene rings is 1. The van der Waals surface area contributed by atoms with Crippen LogP contribution < -0.4 is 0 Å². The van der Waals surface area contributed by atoms with E-state index in [1.807, 2.05) is 0 Å². The smallest absolute Gasteiger partial charge is 0.0537 e. The topological polar surface area (TPSA) is 0 Å². The van der Waals surface area contributed by atoms with Gasteiger partial charge in [0, 0.05) is 10.8 Å². The summed E-state index contributed by atoms with van der Waals surface area (Å²) in [6.07, 6.45) is 1.08. The maximum Gasteiger partial charge on any atom is 0.0537 e. The van der Waals surface area contributed by atoms with Gasteiger partial charge in [-0.15, -0.1) is 11.3 Å². The number of hydrogen-bond donors (Lipinski definition) is 0. The number of rotatable bonds is 1. The molecule has 0 amide bonds. The fourth-order valence-corrected chi connectivity index (χ4v) is 1.91. The SMILES string of the molecule is CCc1cccc2[c]s[c]c12. The Labute approximate surface area is 70.5 Å². The van der Waals surface area contributed by atoms with E-state index in [1.165, 1.54) is 27.7 Å². The van der Waals surface area contributed by atoms with Crippen molar-refractivity contribution in [2.45, 2.75) is 13.3 Å². The van der Waals surface area contributed by atoms with Crippen LogP contribution in [0.1, 0.15) is 12.5 Å². The van der Waals surface area contributed by atoms with Crippen molar-refractivity contribution in [3.05, 3.63) is 34.5 Å². The lowest BCUT2D eigenvalue weighted by molar-refractivity contribution is 1.16. The molecule has 0 atom stereocenters. The lowest BCUT2D eigenvalue weighted by Crippen LogP contribution is -1.78. The lowest BCUT2D eigenvalue weighted by atomic mass is 10.1. The van der Waals surface area contributed by atoms with E-state index in [-0.39, 0.29) is 0 Å². The van der Waals surface area contributed by atoms with Crippen LogP contribution >= 0.6 is 11.3 Å². The second kappa shape index (κ2) is 2.67. The van der Waals surface area contributed by atoms with Gasteiger partial charge in [-0.1, -0.05) is 25.1 Å². The highest BCUT2D eigenvalue weighted by Gasteiger charge is 1.98. The van der Waals surface area contributed by atoms with E-state index < -0.39 is 0 Å². The highest BCUT2D eigenvalue weighted by atomic mass is 32.1. The Morgan fingerprint density at radius 1 is 1.36 bits per heavy atom. The van der Waals surface area contributed by atoms with Crippen molar-refractivity contribution >= 4 is 22.1 Å². The predicted molar refractivity (Wildman–Crippen MR) is 48.9 cm³/mol. The molecule has 1 heteroatoms. The Kier molecular flexibility index (Phi) is 1.66. The van der Waals surface area contributed by atoms with E-state index in [4.69, 9.17) is 0 Å². The standard InChI is InChI=1S/C10H8S/c1-2-8-4-3-5-9-6-11-7-10(8)9/h3-5H,2H2,1H3. The molecule has 0 saturated carbocycles. The Balaban J connectivity index is 2.79. The van der Waals surface area contributed by atoms with Crippen LogP contribution in [0.3, 0.4) is 0 Å². The summed E-state index contributed by atoms with van der Waals surface area (Å²) in [6.45, 7) is 2.17. The number of fused-ring (bicyclic) bond motifs is 1. The van der Waals surface area contributed by atoms with Gasteiger partial charge in [0.25, 0.3) is 0 Å². The molecule has 0 fully saturated rings. The molecule has 2 rings (SSSR count). The van der Waals surface area contributed by atoms with E-state index in [2.05, 4.69) is 35.9 Å². The Morgan fingerprint density at radius 3 is 3.09 bits per heavy atom. The molecule has 0 unspecified atom stereocenters. The van der Waals surface area contributed by atoms with Gasteiger partial charge in [0.15, 0.2) is 0 Å². The van der Waals surface area contributed by atoms with Crippen molar-refractivity contribution in [3.8, 4) is 0 Å². The maximum absolute atomic E-state index is 3.23. The summed E-state index contributed by atoms with van der Waals surface area (Å²) in [6, 6.07) is 6.32. The average Bonchev–Trinajstić information content (AvgIpc) is 2.50. The molecule has 1 heterocycles. The van der Waals surface area contributed by atoms with Crippen molar-refractivity contribution in [2.24, 2.45) is 0 Å². The van der Waals surface area contributed by atoms with Crippen molar-refractivity contribution < 1.29 is 0 Å². The van der Waals surface area contributed by atoms with Gasteiger partial charge in [0.05, 0.1) is 10.8 Å². The molecular formula is C10H8S. The van der Waals surface area contributed by atoms with Gasteiger partial charge >= 0.3 is 0 Å². The zero-order chi connectivity index (χ0) is 7.68. The van der Waals surface area contributed by atoms with E-state index in [0.29, 0.717) is 0 Å². The van der Waals surface area contributed by atoms with Gasteiger partial charge < -0.3 is 0 Å². The molecule has 0 aliphatic rings. The van der Waals surface area contributed by atoms with Gasteiger partial charge in [-0.05, 0) is 12.0 Å². The molecule has 0 nitrogen and oxygen atoms in total. The van der Waals surface area contributed by atoms with Gasteiger partial charge in [-0.25, -0.2) is 0 Å². The summed E-state index contributed by atoms with van der Waals surface area (Å²) in [5.74, 6) is 0. The minimum absolute atomic E-state index is 1.08. The van der Waals surface area contributed by atoms with E-state index in [0.717, 1.165) is 6.42 Å². The summed E-state index contributed by atoms with van der Waals surface area (Å²) < 4.78 is 0. The molecule has 1 aromatic heterocycles. The largest absolute Gasteiger partial charge is 0.132 e. The van der Waals surface area contributed by atoms with Crippen molar-refractivity contribution in [2.75, 3.05) is 0 Å². The van der Waals surface area contributed by atoms with Gasteiger partial charge in [0.1, 0.15) is 0 Å². The van der Waals surface area contributed by atoms with Crippen LogP contribution in [0.5, 0.6) is 0 Å². The molecule has 0 aliphatic heterocycles. The molecule has 0 bridgehead atoms. The van der Waals surface area contributed by atoms with Crippen molar-refractivity contribution in [3.63, 3.8) is 0 Å². The number of thiophene rings is 1. The molecule has 2 aromatic rings. The third-order valence-corrected chi connectivity index (χ3v) is 2.47. The summed E-state index contributed by atoms with van der Waals surface area (Å²) in [4.78, 5) is 0. The maximum atomic E-state index is 3.23. The number of hydrogen-bond acceptors (Lipinski definition) is 1. The molecule has 0 spiro atoms. The van der Waals surface area contributed by atoms with E-state index >= 15 is 0 Å². The zero-order valence-corrected chi connectivity index (χ0v) is 7.16. The second-order valence-corrected chi connectivity index (χ2v) is 3.11. The van der Waals surface area contributed by atoms with Crippen LogP contribution in [-0.2, 0) is 6.42 Å². The molecule has 54 valence electrons. The Bertz CT molecular complexity index is 360. The van der Waals surface area contributed by atoms with Crippen LogP contribution in [0.2, 0.25) is 0 Å². The van der Waals surface area contributed by atoms with E-state index in [9.17, 15) is 0 Å². The zero-order valence-electron chi connectivity index (χ0n) is 6.35. The summed E-state index contributed by atoms with van der Waals surface area (Å²) in [5, 5.41) is 8.86. The van der Waals surface area contributed by atoms with Crippen molar-refractivity contribution in [1.29, 1.82) is 0 Å². The normalized spacial score (nSPS) is 10.6. The fraction of sp³-hybridized carbons (Fsp3) is 0.200. The summed E-state index contributed by atoms with van der Waals surface area (Å²) >= 11 is 1.53. The first-order chi connectivity index (χ1) is 5.42. The molecular weight excluding hydrogens is 152 g/mol. The summed E-state index contributed by atoms with van der Waals surface area (Å²) in [5.41, 5.74) is 1.38. The molecule has 1 aromatic carbocycles. The molecule has 0 aliphatic carbocycles. The molecule has 0 N–H and O–H groups in total. The third-order valence-electron chi connectivity index (χ3n) is 1.85. The van der Waals surface area contributed by atoms with Gasteiger partial charge in [-0.3, -0.25) is 0 Å². The predicted octanol–water partition coefficient (Wildman–Crippen LogP) is 3.06. The minimum Gasteiger partial charge on any atom is -0.132 e. The van der Waals surface area contributed by atoms with Crippen LogP contribution in [0, 0.1) is 10.8 Å². The highest BCUT2D eigenvalue weighted by Crippen LogP contribution is 2.21. The Morgan fingerprint density at radius 2 is 2.27 bits per heavy atom. The fourth-order valence-electron chi connectivity index (χ4n) is 1.23. The quantitative estimate of drug-likeness (QED) is 0.601. The molecule has 2 radical (unpaired) electrons. The van der Waals surface area contributed by atoms with Crippen molar-refractivity contribution in [1.82, 2.24) is 0 Å². The first kappa shape index (κ1) is 6.86. The van der Waals surface area contributed by atoms with Gasteiger partial charge in [0.2, 0.25) is 0 Å². The highest BCUT2D eigenvalue weighted by molar-refractivity contribution is 7.08. The van der Waals surface area contributed by atoms with Crippen LogP contribution in [0.25, 0.3) is 10.8 Å². The van der Waals surface area contributed by atoms with Crippen LogP contribution in [0.4, 0.5) is 0 Å². The first-order valence-corrected chi connectivity index (χ1v) is 4.53. The third kappa shape index (κ3) is 1.05. The summed E-state index contributed by atoms with van der Waals surface area (Å²) in [7, 11) is 0. The monoisotopic (exact) mass is 160 g/mol. The number of aryl methyl sites for hydroxylation is 1. The van der Waals surface area contributed by atoms with Crippen LogP contribution in [-0.4, -0.2) is 0 Å². The average molecular weight is 160 g/mol. The first-order valence-electron chi connectivity index (χ1n) is 3.71. The van der Waals surface area contributed by atoms with Crippen LogP contribution in [0.15, 0.2) is 18.2 Å². The second-order valence-electron chi connectivity index (χ2n) is 2.50. The van der Waals surface area contributed by atoms with E-state index in [1.54, 1.807) is 0 Å². The molecule has 0 saturated heterocycles. The van der Waals surface area contributed by atoms with Gasteiger partial charge in [-0.2, -0.15) is 0 Å².